The van der Waals surface area contributed by atoms with Gasteiger partial charge >= 0.3 is 0 Å². The van der Waals surface area contributed by atoms with Gasteiger partial charge in [-0.25, -0.2) is 0 Å². The molecule has 33 heavy (non-hydrogen) atoms. The van der Waals surface area contributed by atoms with Crippen LogP contribution in [-0.4, -0.2) is 18.5 Å². The zero-order valence-electron chi connectivity index (χ0n) is 20.6. The van der Waals surface area contributed by atoms with Gasteiger partial charge in [0, 0.05) is 27.6 Å². The van der Waals surface area contributed by atoms with Gasteiger partial charge < -0.3 is 0 Å². The molecule has 3 aliphatic rings. The molecular formula is C31H40NO. The third-order valence-corrected chi connectivity index (χ3v) is 7.13. The van der Waals surface area contributed by atoms with E-state index >= 15 is 0 Å². The number of carbonyl (C=O) groups excluding carboxylic acids is 1. The topological polar surface area (TPSA) is 29.4 Å². The lowest BCUT2D eigenvalue weighted by atomic mass is 9.89. The van der Waals surface area contributed by atoms with Gasteiger partial charge in [-0.1, -0.05) is 73.7 Å². The Hall–Kier alpha value is -2.74. The quantitative estimate of drug-likeness (QED) is 0.262. The summed E-state index contributed by atoms with van der Waals surface area (Å²) in [5.41, 5.74) is 11.0. The monoisotopic (exact) mass is 442 g/mol. The van der Waals surface area contributed by atoms with Gasteiger partial charge in [-0.2, -0.15) is 0 Å². The van der Waals surface area contributed by atoms with Crippen LogP contribution in [0.4, 0.5) is 0 Å². The molecule has 0 aliphatic heterocycles. The number of ketones is 1. The molecule has 0 bridgehead atoms. The largest absolute Gasteiger partial charge is 0.294 e. The van der Waals surface area contributed by atoms with Crippen LogP contribution in [0.5, 0.6) is 0 Å². The minimum atomic E-state index is 0. The van der Waals surface area contributed by atoms with Crippen molar-refractivity contribution in [3.8, 4) is 0 Å². The minimum Gasteiger partial charge on any atom is -0.294 e. The highest BCUT2D eigenvalue weighted by Gasteiger charge is 2.23. The number of nitrogens with zero attached hydrogens (tertiary/aromatic N) is 1. The molecule has 0 spiro atoms. The molecule has 1 saturated carbocycles. The summed E-state index contributed by atoms with van der Waals surface area (Å²) in [6.45, 7) is 5.94. The van der Waals surface area contributed by atoms with E-state index in [1.54, 1.807) is 6.92 Å². The van der Waals surface area contributed by atoms with Gasteiger partial charge in [-0.15, -0.1) is 0 Å². The van der Waals surface area contributed by atoms with Crippen LogP contribution < -0.4 is 0 Å². The fourth-order valence-corrected chi connectivity index (χ4v) is 5.14. The molecule has 2 nitrogen and oxygen atoms in total. The lowest BCUT2D eigenvalue weighted by molar-refractivity contribution is 0.101. The fraction of sp³-hybridized carbons (Fsp3) is 0.387. The van der Waals surface area contributed by atoms with Crippen molar-refractivity contribution in [2.24, 2.45) is 10.9 Å². The second kappa shape index (κ2) is 10.5. The molecule has 0 amide bonds. The van der Waals surface area contributed by atoms with E-state index < -0.39 is 0 Å². The molecule has 0 heterocycles. The highest BCUT2D eigenvalue weighted by atomic mass is 16.1. The van der Waals surface area contributed by atoms with Crippen molar-refractivity contribution in [1.29, 1.82) is 0 Å². The summed E-state index contributed by atoms with van der Waals surface area (Å²) in [6, 6.07) is 10.9. The summed E-state index contributed by atoms with van der Waals surface area (Å²) in [4.78, 5) is 16.6. The first kappa shape index (κ1) is 23.4. The van der Waals surface area contributed by atoms with E-state index in [9.17, 15) is 4.79 Å². The van der Waals surface area contributed by atoms with E-state index in [0.29, 0.717) is 0 Å². The molecule has 0 aromatic heterocycles. The predicted octanol–water partition coefficient (Wildman–Crippen LogP) is 7.94. The molecule has 5 rings (SSSR count). The molecule has 0 unspecified atom stereocenters. The van der Waals surface area contributed by atoms with Crippen LogP contribution in [0.25, 0.3) is 5.57 Å². The summed E-state index contributed by atoms with van der Waals surface area (Å²) in [5, 5.41) is 0. The van der Waals surface area contributed by atoms with Crippen LogP contribution in [0.1, 0.15) is 85.6 Å². The average Bonchev–Trinajstić information content (AvgIpc) is 3.53. The van der Waals surface area contributed by atoms with Crippen LogP contribution in [0, 0.1) is 26.2 Å². The van der Waals surface area contributed by atoms with Gasteiger partial charge in [-0.3, -0.25) is 9.79 Å². The number of hydrogen-bond acceptors (Lipinski definition) is 2. The Balaban J connectivity index is 0.000000282. The maximum absolute atomic E-state index is 12.0. The Labute approximate surface area is 202 Å². The molecule has 2 heteroatoms. The van der Waals surface area contributed by atoms with Crippen molar-refractivity contribution in [2.75, 3.05) is 7.05 Å². The highest BCUT2D eigenvalue weighted by Crippen LogP contribution is 2.35. The minimum absolute atomic E-state index is 0. The van der Waals surface area contributed by atoms with Crippen molar-refractivity contribution in [3.05, 3.63) is 93.9 Å². The van der Waals surface area contributed by atoms with Gasteiger partial charge in [0.25, 0.3) is 0 Å². The van der Waals surface area contributed by atoms with E-state index in [4.69, 9.17) is 0 Å². The van der Waals surface area contributed by atoms with Gasteiger partial charge in [0.05, 0.1) is 0 Å². The molecule has 2 aromatic carbocycles. The number of allylic oxidation sites excluding steroid dienone is 4. The smallest absolute Gasteiger partial charge is 0.160 e. The molecule has 0 N–H and O–H groups in total. The summed E-state index contributed by atoms with van der Waals surface area (Å²) in [5.74, 6) is 0.895. The molecule has 1 radical (unpaired) electrons. The van der Waals surface area contributed by atoms with Gasteiger partial charge in [0.1, 0.15) is 0 Å². The van der Waals surface area contributed by atoms with Crippen molar-refractivity contribution in [1.82, 2.24) is 0 Å². The van der Waals surface area contributed by atoms with E-state index in [0.717, 1.165) is 47.6 Å². The second-order valence-corrected chi connectivity index (χ2v) is 9.73. The maximum atomic E-state index is 12.0. The van der Waals surface area contributed by atoms with Crippen LogP contribution in [0.15, 0.2) is 53.6 Å². The first-order valence-electron chi connectivity index (χ1n) is 12.4. The number of carbonyl (C=O) groups is 1. The SMILES string of the molecule is CN=C(CC1CCCC1)c1cc(C(C)=O)c(C2=C[CH]2)cc1C.Cc1ccc2c(c1)CC=CC2.[HH].[HH]. The molecule has 3 aliphatic carbocycles. The molecule has 0 atom stereocenters. The number of rotatable bonds is 5. The lowest BCUT2D eigenvalue weighted by Gasteiger charge is -2.16. The van der Waals surface area contributed by atoms with E-state index in [-0.39, 0.29) is 8.64 Å². The van der Waals surface area contributed by atoms with E-state index in [2.05, 4.69) is 73.8 Å². The first-order chi connectivity index (χ1) is 16.0. The number of aliphatic imine (C=N–C) groups is 1. The van der Waals surface area contributed by atoms with Crippen molar-refractivity contribution in [2.45, 2.75) is 65.7 Å². The Morgan fingerprint density at radius 1 is 1.00 bits per heavy atom. The Bertz CT molecular complexity index is 1140. The Morgan fingerprint density at radius 2 is 1.70 bits per heavy atom. The predicted molar refractivity (Wildman–Crippen MR) is 144 cm³/mol. The van der Waals surface area contributed by atoms with Crippen molar-refractivity contribution < 1.29 is 7.65 Å². The Kier molecular flexibility index (Phi) is 7.42. The first-order valence-corrected chi connectivity index (χ1v) is 12.4. The number of Topliss-reactive ketones (excluding diaryl/α,β-unsaturated/α-hetero) is 1. The van der Waals surface area contributed by atoms with Crippen molar-refractivity contribution in [3.63, 3.8) is 0 Å². The summed E-state index contributed by atoms with van der Waals surface area (Å²) in [7, 11) is 1.88. The van der Waals surface area contributed by atoms with Crippen LogP contribution in [0.3, 0.4) is 0 Å². The lowest BCUT2D eigenvalue weighted by Crippen LogP contribution is -2.11. The average molecular weight is 443 g/mol. The number of aryl methyl sites for hydroxylation is 2. The zero-order valence-corrected chi connectivity index (χ0v) is 20.6. The van der Waals surface area contributed by atoms with Crippen molar-refractivity contribution >= 4 is 17.1 Å². The standard InChI is InChI=1S/C20H24NO.C11H12.2H2/c1-13-10-19(16-8-9-16)18(14(2)22)12-17(13)20(21-3)11-15-6-4-5-7-15;1-9-6-7-10-4-2-3-5-11(10)8-9;;/h8-10,12,15H,4-7,11H2,1-3H3;2-3,6-8H,4-5H2,1H3;2*1H. The number of fused-ring (bicyclic) bond motifs is 1. The van der Waals surface area contributed by atoms with Gasteiger partial charge in [-0.05, 0) is 85.4 Å². The zero-order chi connectivity index (χ0) is 23.4. The molecule has 175 valence electrons. The van der Waals surface area contributed by atoms with Crippen LogP contribution in [0.2, 0.25) is 0 Å². The second-order valence-electron chi connectivity index (χ2n) is 9.73. The van der Waals surface area contributed by atoms with Crippen LogP contribution >= 0.6 is 0 Å². The number of hydrogen-bond donors (Lipinski definition) is 0. The molecular weight excluding hydrogens is 402 g/mol. The fourth-order valence-electron chi connectivity index (χ4n) is 5.14. The third-order valence-electron chi connectivity index (χ3n) is 7.13. The molecule has 2 aromatic rings. The Morgan fingerprint density at radius 3 is 2.33 bits per heavy atom. The maximum Gasteiger partial charge on any atom is 0.160 e. The third kappa shape index (κ3) is 5.79. The number of benzene rings is 2. The summed E-state index contributed by atoms with van der Waals surface area (Å²) >= 11 is 0. The van der Waals surface area contributed by atoms with Gasteiger partial charge in [0.15, 0.2) is 5.78 Å². The summed E-state index contributed by atoms with van der Waals surface area (Å²) < 4.78 is 0. The van der Waals surface area contributed by atoms with Gasteiger partial charge in [0.2, 0.25) is 0 Å². The highest BCUT2D eigenvalue weighted by molar-refractivity contribution is 6.08. The normalized spacial score (nSPS) is 17.2. The van der Waals surface area contributed by atoms with E-state index in [1.807, 2.05) is 7.05 Å². The summed E-state index contributed by atoms with van der Waals surface area (Å²) in [6.07, 6.45) is 17.2. The molecule has 0 saturated heterocycles. The van der Waals surface area contributed by atoms with Crippen LogP contribution in [-0.2, 0) is 12.8 Å². The molecule has 1 fully saturated rings. The van der Waals surface area contributed by atoms with E-state index in [1.165, 1.54) is 53.5 Å².